The van der Waals surface area contributed by atoms with Crippen LogP contribution in [-0.2, 0) is 0 Å². The van der Waals surface area contributed by atoms with Gasteiger partial charge in [-0.05, 0) is 62.2 Å². The van der Waals surface area contributed by atoms with E-state index in [0.717, 1.165) is 37.0 Å². The van der Waals surface area contributed by atoms with Gasteiger partial charge in [0.25, 0.3) is 0 Å². The number of aliphatic hydroxyl groups is 1. The van der Waals surface area contributed by atoms with Crippen molar-refractivity contribution in [3.8, 4) is 0 Å². The second-order valence-corrected chi connectivity index (χ2v) is 6.61. The molecule has 1 N–H and O–H groups in total. The molecule has 2 atom stereocenters. The molecule has 1 aliphatic heterocycles. The Kier molecular flexibility index (Phi) is 5.62. The van der Waals surface area contributed by atoms with Gasteiger partial charge in [-0.25, -0.2) is 0 Å². The summed E-state index contributed by atoms with van der Waals surface area (Å²) in [6, 6.07) is 8.18. The second kappa shape index (κ2) is 7.24. The van der Waals surface area contributed by atoms with Crippen LogP contribution < -0.4 is 0 Å². The van der Waals surface area contributed by atoms with E-state index in [4.69, 9.17) is 0 Å². The van der Waals surface area contributed by atoms with E-state index in [1.165, 1.54) is 24.8 Å². The maximum atomic E-state index is 10.5. The summed E-state index contributed by atoms with van der Waals surface area (Å²) in [7, 11) is 0. The number of aryl methyl sites for hydroxylation is 1. The van der Waals surface area contributed by atoms with Crippen molar-refractivity contribution in [3.63, 3.8) is 0 Å². The number of hydrogen-bond acceptors (Lipinski definition) is 2. The smallest absolute Gasteiger partial charge is 0.0919 e. The first-order valence-corrected chi connectivity index (χ1v) is 8.04. The van der Waals surface area contributed by atoms with Gasteiger partial charge in [-0.15, -0.1) is 0 Å². The minimum Gasteiger partial charge on any atom is -0.387 e. The Bertz CT molecular complexity index is 416. The molecule has 1 aromatic carbocycles. The van der Waals surface area contributed by atoms with Crippen LogP contribution in [0.4, 0.5) is 0 Å². The van der Waals surface area contributed by atoms with Crippen LogP contribution >= 0.6 is 0 Å². The Balaban J connectivity index is 1.92. The standard InChI is InChI=1S/C18H29NO/c1-14(2)16-8-6-11-19(12-10-16)13-18(20)17-9-5-4-7-15(17)3/h4-5,7,9,14,16,18,20H,6,8,10-13H2,1-3H3. The van der Waals surface area contributed by atoms with E-state index in [2.05, 4.69) is 37.8 Å². The fraction of sp³-hybridized carbons (Fsp3) is 0.667. The SMILES string of the molecule is Cc1ccccc1C(O)CN1CCCC(C(C)C)CC1. The second-order valence-electron chi connectivity index (χ2n) is 6.61. The Hall–Kier alpha value is -0.860. The Morgan fingerprint density at radius 1 is 1.20 bits per heavy atom. The number of benzene rings is 1. The first-order valence-electron chi connectivity index (χ1n) is 8.04. The number of nitrogens with zero attached hydrogens (tertiary/aromatic N) is 1. The van der Waals surface area contributed by atoms with Gasteiger partial charge in [-0.3, -0.25) is 0 Å². The molecule has 0 radical (unpaired) electrons. The topological polar surface area (TPSA) is 23.5 Å². The van der Waals surface area contributed by atoms with Gasteiger partial charge in [0.2, 0.25) is 0 Å². The summed E-state index contributed by atoms with van der Waals surface area (Å²) in [6.45, 7) is 9.79. The summed E-state index contributed by atoms with van der Waals surface area (Å²) in [5.74, 6) is 1.65. The highest BCUT2D eigenvalue weighted by molar-refractivity contribution is 5.27. The fourth-order valence-corrected chi connectivity index (χ4v) is 3.33. The Labute approximate surface area is 123 Å². The first-order chi connectivity index (χ1) is 9.58. The predicted octanol–water partition coefficient (Wildman–Crippen LogP) is 3.79. The van der Waals surface area contributed by atoms with Crippen molar-refractivity contribution in [2.24, 2.45) is 11.8 Å². The normalized spacial score (nSPS) is 22.8. The molecule has 2 heteroatoms. The Morgan fingerprint density at radius 3 is 2.65 bits per heavy atom. The maximum Gasteiger partial charge on any atom is 0.0919 e. The van der Waals surface area contributed by atoms with E-state index in [0.29, 0.717) is 0 Å². The molecule has 2 nitrogen and oxygen atoms in total. The van der Waals surface area contributed by atoms with Gasteiger partial charge in [0.15, 0.2) is 0 Å². The van der Waals surface area contributed by atoms with Crippen LogP contribution in [-0.4, -0.2) is 29.6 Å². The molecule has 1 fully saturated rings. The minimum atomic E-state index is -0.355. The summed E-state index contributed by atoms with van der Waals surface area (Å²) in [4.78, 5) is 2.44. The number of β-amino-alcohol motifs (C(OH)–C–C–N with tert-alkyl or cyclic N) is 1. The number of rotatable bonds is 4. The molecular weight excluding hydrogens is 246 g/mol. The fourth-order valence-electron chi connectivity index (χ4n) is 3.33. The van der Waals surface area contributed by atoms with Gasteiger partial charge in [-0.1, -0.05) is 38.1 Å². The summed E-state index contributed by atoms with van der Waals surface area (Å²) in [5, 5.41) is 10.5. The van der Waals surface area contributed by atoms with Crippen molar-refractivity contribution in [2.45, 2.75) is 46.1 Å². The molecule has 0 aromatic heterocycles. The van der Waals surface area contributed by atoms with Crippen molar-refractivity contribution in [1.29, 1.82) is 0 Å². The van der Waals surface area contributed by atoms with Crippen molar-refractivity contribution in [2.75, 3.05) is 19.6 Å². The zero-order valence-electron chi connectivity index (χ0n) is 13.2. The van der Waals surface area contributed by atoms with Crippen LogP contribution in [0.3, 0.4) is 0 Å². The van der Waals surface area contributed by atoms with E-state index in [9.17, 15) is 5.11 Å². The number of aliphatic hydroxyl groups excluding tert-OH is 1. The molecule has 1 aromatic rings. The lowest BCUT2D eigenvalue weighted by atomic mass is 9.89. The van der Waals surface area contributed by atoms with Crippen LogP contribution in [0.2, 0.25) is 0 Å². The van der Waals surface area contributed by atoms with Crippen molar-refractivity contribution in [3.05, 3.63) is 35.4 Å². The molecule has 0 bridgehead atoms. The van der Waals surface area contributed by atoms with Crippen LogP contribution in [0.25, 0.3) is 0 Å². The highest BCUT2D eigenvalue weighted by atomic mass is 16.3. The van der Waals surface area contributed by atoms with Gasteiger partial charge in [0.1, 0.15) is 0 Å². The van der Waals surface area contributed by atoms with Crippen LogP contribution in [0.1, 0.15) is 50.3 Å². The summed E-state index contributed by atoms with van der Waals surface area (Å²) >= 11 is 0. The third kappa shape index (κ3) is 4.07. The molecule has 0 saturated carbocycles. The van der Waals surface area contributed by atoms with E-state index < -0.39 is 0 Å². The summed E-state index contributed by atoms with van der Waals surface area (Å²) in [6.07, 6.45) is 3.53. The molecule has 2 rings (SSSR count). The lowest BCUT2D eigenvalue weighted by Crippen LogP contribution is -2.30. The average molecular weight is 275 g/mol. The number of hydrogen-bond donors (Lipinski definition) is 1. The lowest BCUT2D eigenvalue weighted by Gasteiger charge is -2.24. The minimum absolute atomic E-state index is 0.355. The zero-order chi connectivity index (χ0) is 14.5. The van der Waals surface area contributed by atoms with E-state index in [-0.39, 0.29) is 6.10 Å². The molecule has 1 heterocycles. The predicted molar refractivity (Wildman–Crippen MR) is 84.8 cm³/mol. The molecule has 1 saturated heterocycles. The molecule has 112 valence electrons. The molecular formula is C18H29NO. The van der Waals surface area contributed by atoms with E-state index in [1.54, 1.807) is 0 Å². The van der Waals surface area contributed by atoms with Gasteiger partial charge >= 0.3 is 0 Å². The average Bonchev–Trinajstić information content (AvgIpc) is 2.65. The summed E-state index contributed by atoms with van der Waals surface area (Å²) in [5.41, 5.74) is 2.27. The molecule has 2 unspecified atom stereocenters. The van der Waals surface area contributed by atoms with E-state index >= 15 is 0 Å². The zero-order valence-corrected chi connectivity index (χ0v) is 13.2. The van der Waals surface area contributed by atoms with Crippen LogP contribution in [0, 0.1) is 18.8 Å². The molecule has 1 aliphatic rings. The maximum absolute atomic E-state index is 10.5. The van der Waals surface area contributed by atoms with Crippen molar-refractivity contribution >= 4 is 0 Å². The monoisotopic (exact) mass is 275 g/mol. The van der Waals surface area contributed by atoms with Crippen LogP contribution in [0.5, 0.6) is 0 Å². The van der Waals surface area contributed by atoms with Gasteiger partial charge < -0.3 is 10.0 Å². The molecule has 0 aliphatic carbocycles. The first kappa shape index (κ1) is 15.5. The number of likely N-dealkylation sites (tertiary alicyclic amines) is 1. The van der Waals surface area contributed by atoms with Gasteiger partial charge in [-0.2, -0.15) is 0 Å². The van der Waals surface area contributed by atoms with Gasteiger partial charge in [0, 0.05) is 6.54 Å². The summed E-state index contributed by atoms with van der Waals surface area (Å²) < 4.78 is 0. The molecule has 0 spiro atoms. The Morgan fingerprint density at radius 2 is 1.95 bits per heavy atom. The van der Waals surface area contributed by atoms with E-state index in [1.807, 2.05) is 12.1 Å². The largest absolute Gasteiger partial charge is 0.387 e. The highest BCUT2D eigenvalue weighted by Crippen LogP contribution is 2.26. The quantitative estimate of drug-likeness (QED) is 0.904. The third-order valence-electron chi connectivity index (χ3n) is 4.79. The van der Waals surface area contributed by atoms with Gasteiger partial charge in [0.05, 0.1) is 6.10 Å². The molecule has 20 heavy (non-hydrogen) atoms. The molecule has 0 amide bonds. The third-order valence-corrected chi connectivity index (χ3v) is 4.79. The lowest BCUT2D eigenvalue weighted by molar-refractivity contribution is 0.113. The van der Waals surface area contributed by atoms with Crippen molar-refractivity contribution < 1.29 is 5.11 Å². The van der Waals surface area contributed by atoms with Crippen LogP contribution in [0.15, 0.2) is 24.3 Å². The highest BCUT2D eigenvalue weighted by Gasteiger charge is 2.21. The van der Waals surface area contributed by atoms with Crippen molar-refractivity contribution in [1.82, 2.24) is 4.90 Å².